The van der Waals surface area contributed by atoms with Gasteiger partial charge in [0.2, 0.25) is 0 Å². The van der Waals surface area contributed by atoms with Gasteiger partial charge in [-0.15, -0.1) is 16.4 Å². The van der Waals surface area contributed by atoms with Crippen LogP contribution in [0.5, 0.6) is 0 Å². The van der Waals surface area contributed by atoms with Gasteiger partial charge < -0.3 is 5.73 Å². The molecule has 2 aromatic rings. The molecule has 0 aliphatic carbocycles. The maximum absolute atomic E-state index is 10.9. The minimum Gasteiger partial charge on any atom is -0.365 e. The van der Waals surface area contributed by atoms with Crippen molar-refractivity contribution in [3.8, 4) is 5.69 Å². The van der Waals surface area contributed by atoms with Gasteiger partial charge in [0, 0.05) is 0 Å². The average Bonchev–Trinajstić information content (AvgIpc) is 2.74. The third-order valence-corrected chi connectivity index (χ3v) is 2.46. The van der Waals surface area contributed by atoms with Crippen LogP contribution in [0.15, 0.2) is 23.8 Å². The van der Waals surface area contributed by atoms with Gasteiger partial charge in [-0.1, -0.05) is 5.21 Å². The van der Waals surface area contributed by atoms with Gasteiger partial charge in [0.1, 0.15) is 4.88 Å². The van der Waals surface area contributed by atoms with Gasteiger partial charge in [0.25, 0.3) is 5.91 Å². The van der Waals surface area contributed by atoms with E-state index in [0.717, 1.165) is 0 Å². The maximum atomic E-state index is 10.9. The van der Waals surface area contributed by atoms with Crippen molar-refractivity contribution in [1.82, 2.24) is 15.0 Å². The van der Waals surface area contributed by atoms with Crippen LogP contribution in [0.25, 0.3) is 5.69 Å². The summed E-state index contributed by atoms with van der Waals surface area (Å²) in [6, 6.07) is 1.78. The Bertz CT molecular complexity index is 419. The molecule has 0 fully saturated rings. The number of nitrogens with zero attached hydrogens (tertiary/aromatic N) is 3. The second kappa shape index (κ2) is 2.98. The lowest BCUT2D eigenvalue weighted by molar-refractivity contribution is 0.100. The van der Waals surface area contributed by atoms with E-state index in [9.17, 15) is 4.79 Å². The maximum Gasteiger partial charge on any atom is 0.260 e. The molecule has 0 bridgehead atoms. The highest BCUT2D eigenvalue weighted by molar-refractivity contribution is 7.12. The Morgan fingerprint density at radius 3 is 3.08 bits per heavy atom. The van der Waals surface area contributed by atoms with Gasteiger partial charge in [0.05, 0.1) is 18.1 Å². The molecule has 0 spiro atoms. The zero-order valence-electron chi connectivity index (χ0n) is 6.54. The number of nitrogens with two attached hydrogens (primary N) is 1. The average molecular weight is 194 g/mol. The van der Waals surface area contributed by atoms with E-state index in [1.165, 1.54) is 16.0 Å². The molecule has 2 N–H and O–H groups in total. The van der Waals surface area contributed by atoms with Gasteiger partial charge in [-0.3, -0.25) is 4.79 Å². The second-order valence-corrected chi connectivity index (χ2v) is 3.26. The van der Waals surface area contributed by atoms with E-state index in [4.69, 9.17) is 5.73 Å². The first-order valence-corrected chi connectivity index (χ1v) is 4.41. The Kier molecular flexibility index (Phi) is 1.82. The van der Waals surface area contributed by atoms with E-state index >= 15 is 0 Å². The molecule has 0 aliphatic heterocycles. The molecular formula is C7H6N4OS. The molecule has 5 nitrogen and oxygen atoms in total. The molecular weight excluding hydrogens is 188 g/mol. The minimum absolute atomic E-state index is 0.444. The Labute approximate surface area is 77.8 Å². The lowest BCUT2D eigenvalue weighted by Crippen LogP contribution is -2.12. The Hall–Kier alpha value is -1.69. The van der Waals surface area contributed by atoms with Crippen molar-refractivity contribution >= 4 is 17.2 Å². The summed E-state index contributed by atoms with van der Waals surface area (Å²) in [6.45, 7) is 0. The van der Waals surface area contributed by atoms with Crippen molar-refractivity contribution in [3.63, 3.8) is 0 Å². The number of thiophene rings is 1. The van der Waals surface area contributed by atoms with Crippen LogP contribution < -0.4 is 5.73 Å². The van der Waals surface area contributed by atoms with E-state index in [1.807, 2.05) is 0 Å². The summed E-state index contributed by atoms with van der Waals surface area (Å²) in [6.07, 6.45) is 3.21. The smallest absolute Gasteiger partial charge is 0.260 e. The number of rotatable bonds is 2. The van der Waals surface area contributed by atoms with Crippen LogP contribution in [0.3, 0.4) is 0 Å². The van der Waals surface area contributed by atoms with Crippen LogP contribution in [0.1, 0.15) is 9.67 Å². The highest BCUT2D eigenvalue weighted by atomic mass is 32.1. The van der Waals surface area contributed by atoms with Gasteiger partial charge in [-0.25, -0.2) is 4.68 Å². The third-order valence-electron chi connectivity index (χ3n) is 1.54. The van der Waals surface area contributed by atoms with Crippen LogP contribution in [0, 0.1) is 0 Å². The molecule has 2 heterocycles. The highest BCUT2D eigenvalue weighted by Gasteiger charge is 2.11. The molecule has 2 aromatic heterocycles. The molecule has 6 heteroatoms. The summed E-state index contributed by atoms with van der Waals surface area (Å²) in [7, 11) is 0. The fourth-order valence-electron chi connectivity index (χ4n) is 1.00. The molecule has 0 unspecified atom stereocenters. The van der Waals surface area contributed by atoms with Crippen LogP contribution in [-0.2, 0) is 0 Å². The quantitative estimate of drug-likeness (QED) is 0.753. The first-order chi connectivity index (χ1) is 6.29. The number of hydrogen-bond donors (Lipinski definition) is 1. The van der Waals surface area contributed by atoms with Gasteiger partial charge in [-0.2, -0.15) is 0 Å². The molecule has 2 rings (SSSR count). The number of aromatic nitrogens is 3. The summed E-state index contributed by atoms with van der Waals surface area (Å²) in [5.41, 5.74) is 5.85. The molecule has 13 heavy (non-hydrogen) atoms. The second-order valence-electron chi connectivity index (χ2n) is 2.35. The van der Waals surface area contributed by atoms with E-state index in [2.05, 4.69) is 10.3 Å². The van der Waals surface area contributed by atoms with E-state index in [0.29, 0.717) is 10.6 Å². The topological polar surface area (TPSA) is 73.8 Å². The number of primary amides is 1. The summed E-state index contributed by atoms with van der Waals surface area (Å²) >= 11 is 1.29. The Morgan fingerprint density at radius 2 is 2.46 bits per heavy atom. The van der Waals surface area contributed by atoms with Gasteiger partial charge in [0.15, 0.2) is 0 Å². The first-order valence-electron chi connectivity index (χ1n) is 3.53. The van der Waals surface area contributed by atoms with Crippen molar-refractivity contribution in [2.45, 2.75) is 0 Å². The van der Waals surface area contributed by atoms with Crippen molar-refractivity contribution in [1.29, 1.82) is 0 Å². The van der Waals surface area contributed by atoms with Crippen molar-refractivity contribution in [2.75, 3.05) is 0 Å². The molecule has 0 saturated heterocycles. The lowest BCUT2D eigenvalue weighted by atomic mass is 10.4. The monoisotopic (exact) mass is 194 g/mol. The van der Waals surface area contributed by atoms with Crippen molar-refractivity contribution in [2.24, 2.45) is 5.73 Å². The largest absolute Gasteiger partial charge is 0.365 e. The highest BCUT2D eigenvalue weighted by Crippen LogP contribution is 2.18. The number of carbonyl (C=O) groups excluding carboxylic acids is 1. The summed E-state index contributed by atoms with van der Waals surface area (Å²) in [5.74, 6) is -0.444. The predicted molar refractivity (Wildman–Crippen MR) is 47.8 cm³/mol. The molecule has 66 valence electrons. The molecule has 0 aliphatic rings. The standard InChI is InChI=1S/C7H6N4OS/c8-7(12)6-5(1-4-13-6)11-3-2-9-10-11/h1-4H,(H2,8,12). The van der Waals surface area contributed by atoms with Crippen LogP contribution in [0.2, 0.25) is 0 Å². The zero-order valence-corrected chi connectivity index (χ0v) is 7.36. The molecule has 0 saturated carbocycles. The lowest BCUT2D eigenvalue weighted by Gasteiger charge is -1.97. The van der Waals surface area contributed by atoms with Gasteiger partial charge >= 0.3 is 0 Å². The van der Waals surface area contributed by atoms with E-state index in [1.54, 1.807) is 23.8 Å². The van der Waals surface area contributed by atoms with E-state index < -0.39 is 5.91 Å². The SMILES string of the molecule is NC(=O)c1sccc1-n1ccnn1. The van der Waals surface area contributed by atoms with Gasteiger partial charge in [-0.05, 0) is 11.4 Å². The normalized spacial score (nSPS) is 10.2. The van der Waals surface area contributed by atoms with Crippen molar-refractivity contribution < 1.29 is 4.79 Å². The predicted octanol–water partition coefficient (Wildman–Crippen LogP) is 0.428. The molecule has 0 radical (unpaired) electrons. The Balaban J connectivity index is 2.52. The molecule has 0 aromatic carbocycles. The fourth-order valence-corrected chi connectivity index (χ4v) is 1.74. The Morgan fingerprint density at radius 1 is 1.62 bits per heavy atom. The van der Waals surface area contributed by atoms with Crippen LogP contribution in [0.4, 0.5) is 0 Å². The number of carbonyl (C=O) groups is 1. The summed E-state index contributed by atoms with van der Waals surface area (Å²) < 4.78 is 1.51. The fraction of sp³-hybridized carbons (Fsp3) is 0. The number of amides is 1. The van der Waals surface area contributed by atoms with Crippen LogP contribution >= 0.6 is 11.3 Å². The minimum atomic E-state index is -0.444. The summed E-state index contributed by atoms with van der Waals surface area (Å²) in [5, 5.41) is 9.20. The first kappa shape index (κ1) is 7.93. The third kappa shape index (κ3) is 1.31. The molecule has 1 amide bonds. The van der Waals surface area contributed by atoms with Crippen LogP contribution in [-0.4, -0.2) is 20.9 Å². The molecule has 0 atom stereocenters. The number of hydrogen-bond acceptors (Lipinski definition) is 4. The summed E-state index contributed by atoms with van der Waals surface area (Å²) in [4.78, 5) is 11.4. The zero-order chi connectivity index (χ0) is 9.26. The van der Waals surface area contributed by atoms with Crippen molar-refractivity contribution in [3.05, 3.63) is 28.7 Å². The van der Waals surface area contributed by atoms with E-state index in [-0.39, 0.29) is 0 Å².